The van der Waals surface area contributed by atoms with Gasteiger partial charge in [0.1, 0.15) is 4.21 Å². The predicted octanol–water partition coefficient (Wildman–Crippen LogP) is 1.03. The molecule has 2 unspecified atom stereocenters. The second-order valence-electron chi connectivity index (χ2n) is 4.23. The molecule has 1 aliphatic rings. The van der Waals surface area contributed by atoms with Crippen molar-refractivity contribution in [1.82, 2.24) is 4.72 Å². The topological polar surface area (TPSA) is 81.4 Å². The smallest absolute Gasteiger partial charge is 0.250 e. The summed E-state index contributed by atoms with van der Waals surface area (Å²) in [6, 6.07) is 1.36. The molecule has 5 nitrogen and oxygen atoms in total. The van der Waals surface area contributed by atoms with E-state index >= 15 is 0 Å². The van der Waals surface area contributed by atoms with Crippen molar-refractivity contribution >= 4 is 27.0 Å². The number of anilines is 1. The lowest BCUT2D eigenvalue weighted by atomic mass is 10.0. The highest BCUT2D eigenvalue weighted by Crippen LogP contribution is 2.23. The normalized spacial score (nSPS) is 22.8. The number of hydrogen-bond acceptors (Lipinski definition) is 5. The van der Waals surface area contributed by atoms with E-state index in [4.69, 9.17) is 10.5 Å². The summed E-state index contributed by atoms with van der Waals surface area (Å²) in [6.45, 7) is 3.20. The molecule has 96 valence electrons. The van der Waals surface area contributed by atoms with Crippen LogP contribution in [0, 0.1) is 5.92 Å². The minimum atomic E-state index is -3.44. The van der Waals surface area contributed by atoms with Gasteiger partial charge in [0.05, 0.1) is 6.61 Å². The van der Waals surface area contributed by atoms with Crippen molar-refractivity contribution in [3.05, 3.63) is 11.4 Å². The molecule has 0 spiro atoms. The quantitative estimate of drug-likeness (QED) is 0.860. The molecular formula is C10H16N2O3S2. The molecule has 1 aromatic rings. The Morgan fingerprint density at radius 2 is 2.41 bits per heavy atom. The van der Waals surface area contributed by atoms with Crippen molar-refractivity contribution in [1.29, 1.82) is 0 Å². The maximum absolute atomic E-state index is 12.0. The third-order valence-corrected chi connectivity index (χ3v) is 5.89. The second-order valence-corrected chi connectivity index (χ2v) is 7.08. The van der Waals surface area contributed by atoms with Crippen LogP contribution in [0.15, 0.2) is 15.7 Å². The minimum Gasteiger partial charge on any atom is -0.398 e. The Balaban J connectivity index is 2.06. The van der Waals surface area contributed by atoms with Crippen LogP contribution < -0.4 is 10.5 Å². The molecule has 1 fully saturated rings. The van der Waals surface area contributed by atoms with Crippen molar-refractivity contribution in [2.24, 2.45) is 5.92 Å². The molecule has 0 amide bonds. The first-order valence-corrected chi connectivity index (χ1v) is 7.79. The van der Waals surface area contributed by atoms with Crippen LogP contribution in [0.5, 0.6) is 0 Å². The zero-order valence-electron chi connectivity index (χ0n) is 9.55. The zero-order chi connectivity index (χ0) is 12.5. The van der Waals surface area contributed by atoms with Crippen LogP contribution in [-0.2, 0) is 14.8 Å². The van der Waals surface area contributed by atoms with Crippen molar-refractivity contribution in [2.75, 3.05) is 18.9 Å². The summed E-state index contributed by atoms with van der Waals surface area (Å²) in [5.74, 6) is 0.252. The third-order valence-electron chi connectivity index (χ3n) is 2.87. The van der Waals surface area contributed by atoms with Crippen LogP contribution in [-0.4, -0.2) is 27.7 Å². The second kappa shape index (κ2) is 4.93. The Morgan fingerprint density at radius 3 is 2.94 bits per heavy atom. The van der Waals surface area contributed by atoms with E-state index in [0.717, 1.165) is 17.8 Å². The molecule has 0 radical (unpaired) electrons. The number of thiophene rings is 1. The first kappa shape index (κ1) is 12.8. The van der Waals surface area contributed by atoms with Crippen molar-refractivity contribution < 1.29 is 13.2 Å². The number of hydrogen-bond donors (Lipinski definition) is 2. The van der Waals surface area contributed by atoms with Crippen LogP contribution in [0.25, 0.3) is 0 Å². The fourth-order valence-corrected chi connectivity index (χ4v) is 4.23. The van der Waals surface area contributed by atoms with E-state index in [0.29, 0.717) is 18.9 Å². The number of rotatable bonds is 4. The number of sulfonamides is 1. The molecule has 0 aromatic carbocycles. The van der Waals surface area contributed by atoms with E-state index in [1.807, 2.05) is 6.92 Å². The minimum absolute atomic E-state index is 0.120. The summed E-state index contributed by atoms with van der Waals surface area (Å²) < 4.78 is 32.2. The number of nitrogens with one attached hydrogen (secondary N) is 1. The van der Waals surface area contributed by atoms with Gasteiger partial charge in [0.2, 0.25) is 10.0 Å². The maximum atomic E-state index is 12.0. The zero-order valence-corrected chi connectivity index (χ0v) is 11.2. The average molecular weight is 276 g/mol. The molecule has 7 heteroatoms. The summed E-state index contributed by atoms with van der Waals surface area (Å²) in [5, 5.41) is 1.62. The highest BCUT2D eigenvalue weighted by Gasteiger charge is 2.27. The Labute approximate surface area is 105 Å². The van der Waals surface area contributed by atoms with Gasteiger partial charge < -0.3 is 10.5 Å². The third kappa shape index (κ3) is 2.98. The fourth-order valence-electron chi connectivity index (χ4n) is 1.82. The van der Waals surface area contributed by atoms with Crippen molar-refractivity contribution in [3.63, 3.8) is 0 Å². The Hall–Kier alpha value is -0.630. The van der Waals surface area contributed by atoms with E-state index < -0.39 is 10.0 Å². The lowest BCUT2D eigenvalue weighted by Crippen LogP contribution is -2.38. The average Bonchev–Trinajstić information content (AvgIpc) is 2.86. The van der Waals surface area contributed by atoms with Gasteiger partial charge in [-0.15, -0.1) is 11.3 Å². The van der Waals surface area contributed by atoms with Gasteiger partial charge in [0, 0.05) is 29.6 Å². The summed E-state index contributed by atoms with van der Waals surface area (Å²) in [5.41, 5.74) is 6.01. The van der Waals surface area contributed by atoms with Gasteiger partial charge in [0.25, 0.3) is 0 Å². The predicted molar refractivity (Wildman–Crippen MR) is 67.4 cm³/mol. The maximum Gasteiger partial charge on any atom is 0.250 e. The molecule has 1 saturated heterocycles. The van der Waals surface area contributed by atoms with E-state index in [1.54, 1.807) is 5.38 Å². The number of nitrogen functional groups attached to an aromatic ring is 1. The molecule has 2 heterocycles. The van der Waals surface area contributed by atoms with E-state index in [-0.39, 0.29) is 16.2 Å². The van der Waals surface area contributed by atoms with Gasteiger partial charge in [-0.05, 0) is 19.4 Å². The van der Waals surface area contributed by atoms with Gasteiger partial charge in [-0.25, -0.2) is 13.1 Å². The van der Waals surface area contributed by atoms with Crippen LogP contribution >= 0.6 is 11.3 Å². The molecule has 0 bridgehead atoms. The molecule has 0 saturated carbocycles. The van der Waals surface area contributed by atoms with Gasteiger partial charge in [-0.3, -0.25) is 0 Å². The van der Waals surface area contributed by atoms with E-state index in [1.165, 1.54) is 6.07 Å². The summed E-state index contributed by atoms with van der Waals surface area (Å²) >= 11 is 1.13. The number of nitrogens with two attached hydrogens (primary N) is 1. The van der Waals surface area contributed by atoms with Gasteiger partial charge >= 0.3 is 0 Å². The van der Waals surface area contributed by atoms with Crippen molar-refractivity contribution in [3.8, 4) is 0 Å². The molecule has 2 rings (SSSR count). The molecule has 1 aliphatic heterocycles. The monoisotopic (exact) mass is 276 g/mol. The lowest BCUT2D eigenvalue weighted by molar-refractivity contribution is 0.180. The highest BCUT2D eigenvalue weighted by molar-refractivity contribution is 7.91. The van der Waals surface area contributed by atoms with Gasteiger partial charge in [-0.2, -0.15) is 0 Å². The summed E-state index contributed by atoms with van der Waals surface area (Å²) in [4.78, 5) is 0. The Kier molecular flexibility index (Phi) is 3.72. The SMILES string of the molecule is CC(NS(=O)(=O)c1cc(N)cs1)C1CCOC1. The molecule has 17 heavy (non-hydrogen) atoms. The summed E-state index contributed by atoms with van der Waals surface area (Å²) in [7, 11) is -3.44. The van der Waals surface area contributed by atoms with E-state index in [9.17, 15) is 8.42 Å². The standard InChI is InChI=1S/C10H16N2O3S2/c1-7(8-2-3-15-5-8)12-17(13,14)10-4-9(11)6-16-10/h4,6-8,12H,2-3,5,11H2,1H3. The highest BCUT2D eigenvalue weighted by atomic mass is 32.2. The fraction of sp³-hybridized carbons (Fsp3) is 0.600. The Bertz CT molecular complexity index is 477. The van der Waals surface area contributed by atoms with Gasteiger partial charge in [-0.1, -0.05) is 0 Å². The number of ether oxygens (including phenoxy) is 1. The van der Waals surface area contributed by atoms with Crippen LogP contribution in [0.2, 0.25) is 0 Å². The first-order valence-electron chi connectivity index (χ1n) is 5.43. The Morgan fingerprint density at radius 1 is 1.65 bits per heavy atom. The van der Waals surface area contributed by atoms with Crippen LogP contribution in [0.4, 0.5) is 5.69 Å². The van der Waals surface area contributed by atoms with Crippen LogP contribution in [0.1, 0.15) is 13.3 Å². The molecule has 1 aromatic heterocycles. The molecule has 0 aliphatic carbocycles. The molecular weight excluding hydrogens is 260 g/mol. The van der Waals surface area contributed by atoms with Crippen LogP contribution in [0.3, 0.4) is 0 Å². The molecule has 2 atom stereocenters. The summed E-state index contributed by atoms with van der Waals surface area (Å²) in [6.07, 6.45) is 0.899. The van der Waals surface area contributed by atoms with Gasteiger partial charge in [0.15, 0.2) is 0 Å². The largest absolute Gasteiger partial charge is 0.398 e. The van der Waals surface area contributed by atoms with E-state index in [2.05, 4.69) is 4.72 Å². The molecule has 3 N–H and O–H groups in total. The van der Waals surface area contributed by atoms with Crippen molar-refractivity contribution in [2.45, 2.75) is 23.6 Å². The first-order chi connectivity index (χ1) is 7.99. The lowest BCUT2D eigenvalue weighted by Gasteiger charge is -2.18.